The van der Waals surface area contributed by atoms with E-state index in [1.54, 1.807) is 4.90 Å². The number of piperidine rings is 1. The summed E-state index contributed by atoms with van der Waals surface area (Å²) in [6.45, 7) is 0.249. The summed E-state index contributed by atoms with van der Waals surface area (Å²) in [4.78, 5) is 14.7. The Morgan fingerprint density at radius 3 is 2.52 bits per heavy atom. The molecule has 2 aromatic carbocycles. The summed E-state index contributed by atoms with van der Waals surface area (Å²) in [7, 11) is -3.86. The third-order valence-electron chi connectivity index (χ3n) is 5.14. The molecule has 0 unspecified atom stereocenters. The van der Waals surface area contributed by atoms with Gasteiger partial charge in [-0.3, -0.25) is 4.79 Å². The van der Waals surface area contributed by atoms with Crippen molar-refractivity contribution in [2.24, 2.45) is 0 Å². The van der Waals surface area contributed by atoms with Gasteiger partial charge in [0.05, 0.1) is 23.0 Å². The van der Waals surface area contributed by atoms with Gasteiger partial charge >= 0.3 is 6.18 Å². The van der Waals surface area contributed by atoms with E-state index in [1.165, 1.54) is 36.4 Å². The van der Waals surface area contributed by atoms with E-state index < -0.39 is 21.8 Å². The van der Waals surface area contributed by atoms with E-state index >= 15 is 0 Å². The monoisotopic (exact) mass is 450 g/mol. The smallest absolute Gasteiger partial charge is 0.332 e. The van der Waals surface area contributed by atoms with E-state index in [9.17, 15) is 26.4 Å². The number of likely N-dealkylation sites (tertiary alicyclic amines) is 1. The molecule has 0 saturated carbocycles. The molecule has 9 heteroatoms. The van der Waals surface area contributed by atoms with Crippen molar-refractivity contribution in [3.63, 3.8) is 0 Å². The van der Waals surface area contributed by atoms with Crippen LogP contribution in [0.4, 0.5) is 13.2 Å². The average molecular weight is 450 g/mol. The molecule has 1 heterocycles. The van der Waals surface area contributed by atoms with Crippen molar-refractivity contribution < 1.29 is 26.4 Å². The molecule has 0 bridgehead atoms. The zero-order valence-corrected chi connectivity index (χ0v) is 17.3. The Hall–Kier alpha value is -2.83. The van der Waals surface area contributed by atoms with Crippen LogP contribution in [0.15, 0.2) is 53.4 Å². The summed E-state index contributed by atoms with van der Waals surface area (Å²) in [5, 5.41) is 0. The highest BCUT2D eigenvalue weighted by molar-refractivity contribution is 7.89. The molecule has 1 fully saturated rings. The highest BCUT2D eigenvalue weighted by Gasteiger charge is 2.32. The van der Waals surface area contributed by atoms with Crippen molar-refractivity contribution in [2.75, 3.05) is 13.1 Å². The molecule has 1 saturated heterocycles. The van der Waals surface area contributed by atoms with E-state index in [4.69, 9.17) is 6.42 Å². The van der Waals surface area contributed by atoms with Crippen LogP contribution in [0.25, 0.3) is 0 Å². The standard InChI is InChI=1S/C22H21F3N2O3S/c1-2-13-26-31(29,30)19-7-5-6-17(15-19)21(28)27-14-4-3-8-20(27)16-9-11-18(12-10-16)22(23,24)25/h1,5-7,9-12,15,20,26H,3-4,8,13-14H2/t20-/m1/s1. The van der Waals surface area contributed by atoms with Crippen LogP contribution in [0, 0.1) is 12.3 Å². The molecule has 31 heavy (non-hydrogen) atoms. The first-order chi connectivity index (χ1) is 14.6. The minimum Gasteiger partial charge on any atom is -0.332 e. The number of halogens is 3. The van der Waals surface area contributed by atoms with Crippen LogP contribution < -0.4 is 4.72 Å². The van der Waals surface area contributed by atoms with Crippen LogP contribution in [0.3, 0.4) is 0 Å². The van der Waals surface area contributed by atoms with Gasteiger partial charge in [0.25, 0.3) is 5.91 Å². The number of carbonyl (C=O) groups excluding carboxylic acids is 1. The molecule has 1 atom stereocenters. The number of nitrogens with one attached hydrogen (secondary N) is 1. The van der Waals surface area contributed by atoms with Crippen molar-refractivity contribution in [3.8, 4) is 12.3 Å². The van der Waals surface area contributed by atoms with Crippen LogP contribution in [0.5, 0.6) is 0 Å². The quantitative estimate of drug-likeness (QED) is 0.701. The van der Waals surface area contributed by atoms with Gasteiger partial charge in [0.15, 0.2) is 0 Å². The Kier molecular flexibility index (Phi) is 6.72. The van der Waals surface area contributed by atoms with Gasteiger partial charge in [-0.1, -0.05) is 24.1 Å². The zero-order chi connectivity index (χ0) is 22.6. The number of hydrogen-bond acceptors (Lipinski definition) is 3. The molecule has 1 amide bonds. The Labute approximate surface area is 179 Å². The molecule has 1 aliphatic heterocycles. The van der Waals surface area contributed by atoms with Crippen molar-refractivity contribution in [2.45, 2.75) is 36.4 Å². The average Bonchev–Trinajstić information content (AvgIpc) is 2.77. The highest BCUT2D eigenvalue weighted by Crippen LogP contribution is 2.35. The van der Waals surface area contributed by atoms with E-state index in [-0.39, 0.29) is 29.0 Å². The first-order valence-corrected chi connectivity index (χ1v) is 11.1. The third-order valence-corrected chi connectivity index (χ3v) is 6.54. The summed E-state index contributed by atoms with van der Waals surface area (Å²) in [6, 6.07) is 10.0. The number of sulfonamides is 1. The fourth-order valence-electron chi connectivity index (χ4n) is 3.60. The Morgan fingerprint density at radius 1 is 1.16 bits per heavy atom. The molecule has 0 spiro atoms. The number of terminal acetylenes is 1. The van der Waals surface area contributed by atoms with Gasteiger partial charge in [-0.15, -0.1) is 6.42 Å². The minimum atomic E-state index is -4.43. The third kappa shape index (κ3) is 5.27. The van der Waals surface area contributed by atoms with E-state index in [1.807, 2.05) is 0 Å². The predicted molar refractivity (Wildman–Crippen MR) is 110 cm³/mol. The lowest BCUT2D eigenvalue weighted by molar-refractivity contribution is -0.137. The number of alkyl halides is 3. The molecule has 0 radical (unpaired) electrons. The highest BCUT2D eigenvalue weighted by atomic mass is 32.2. The van der Waals surface area contributed by atoms with Crippen LogP contribution in [0.2, 0.25) is 0 Å². The second-order valence-electron chi connectivity index (χ2n) is 7.19. The summed E-state index contributed by atoms with van der Waals surface area (Å²) in [5.41, 5.74) is 0.0465. The van der Waals surface area contributed by atoms with E-state index in [2.05, 4.69) is 10.6 Å². The van der Waals surface area contributed by atoms with Crippen LogP contribution in [0.1, 0.15) is 46.8 Å². The van der Waals surface area contributed by atoms with Crippen molar-refractivity contribution in [1.29, 1.82) is 0 Å². The molecular formula is C22H21F3N2O3S. The molecule has 5 nitrogen and oxygen atoms in total. The first kappa shape index (κ1) is 22.8. The van der Waals surface area contributed by atoms with Gasteiger partial charge in [-0.05, 0) is 55.2 Å². The Bertz CT molecular complexity index is 1090. The maximum Gasteiger partial charge on any atom is 0.416 e. The molecule has 1 N–H and O–H groups in total. The second-order valence-corrected chi connectivity index (χ2v) is 8.95. The van der Waals surface area contributed by atoms with Crippen molar-refractivity contribution >= 4 is 15.9 Å². The molecule has 0 aliphatic carbocycles. The number of hydrogen-bond donors (Lipinski definition) is 1. The maximum absolute atomic E-state index is 13.2. The molecule has 164 valence electrons. The minimum absolute atomic E-state index is 0.0864. The van der Waals surface area contributed by atoms with Crippen LogP contribution >= 0.6 is 0 Å². The van der Waals surface area contributed by atoms with E-state index in [0.29, 0.717) is 18.5 Å². The van der Waals surface area contributed by atoms with Gasteiger partial charge in [0.1, 0.15) is 0 Å². The van der Waals surface area contributed by atoms with Gasteiger partial charge in [0.2, 0.25) is 10.0 Å². The summed E-state index contributed by atoms with van der Waals surface area (Å²) >= 11 is 0. The normalized spacial score (nSPS) is 17.2. The molecule has 3 rings (SSSR count). The van der Waals surface area contributed by atoms with Gasteiger partial charge < -0.3 is 4.90 Å². The lowest BCUT2D eigenvalue weighted by atomic mass is 9.93. The Morgan fingerprint density at radius 2 is 1.87 bits per heavy atom. The molecule has 1 aliphatic rings. The lowest BCUT2D eigenvalue weighted by Gasteiger charge is -2.36. The summed E-state index contributed by atoms with van der Waals surface area (Å²) in [6.07, 6.45) is 2.86. The summed E-state index contributed by atoms with van der Waals surface area (Å²) in [5.74, 6) is 1.81. The van der Waals surface area contributed by atoms with Gasteiger partial charge in [-0.2, -0.15) is 17.9 Å². The topological polar surface area (TPSA) is 66.5 Å². The zero-order valence-electron chi connectivity index (χ0n) is 16.5. The number of carbonyl (C=O) groups is 1. The molecule has 2 aromatic rings. The van der Waals surface area contributed by atoms with Crippen molar-refractivity contribution in [3.05, 3.63) is 65.2 Å². The fourth-order valence-corrected chi connectivity index (χ4v) is 4.58. The van der Waals surface area contributed by atoms with E-state index in [0.717, 1.165) is 25.0 Å². The summed E-state index contributed by atoms with van der Waals surface area (Å²) < 4.78 is 65.5. The second kappa shape index (κ2) is 9.12. The largest absolute Gasteiger partial charge is 0.416 e. The maximum atomic E-state index is 13.2. The SMILES string of the molecule is C#CCNS(=O)(=O)c1cccc(C(=O)N2CCCC[C@@H]2c2ccc(C(F)(F)F)cc2)c1. The van der Waals surface area contributed by atoms with Crippen molar-refractivity contribution in [1.82, 2.24) is 9.62 Å². The number of amides is 1. The number of rotatable bonds is 5. The van der Waals surface area contributed by atoms with Crippen LogP contribution in [-0.4, -0.2) is 32.3 Å². The van der Waals surface area contributed by atoms with Gasteiger partial charge in [-0.25, -0.2) is 8.42 Å². The Balaban J connectivity index is 1.88. The fraction of sp³-hybridized carbons (Fsp3) is 0.318. The molecule has 0 aromatic heterocycles. The lowest BCUT2D eigenvalue weighted by Crippen LogP contribution is -2.38. The predicted octanol–water partition coefficient (Wildman–Crippen LogP) is 3.98. The first-order valence-electron chi connectivity index (χ1n) is 9.65. The number of nitrogens with zero attached hydrogens (tertiary/aromatic N) is 1. The van der Waals surface area contributed by atoms with Crippen LogP contribution in [-0.2, 0) is 16.2 Å². The number of benzene rings is 2. The van der Waals surface area contributed by atoms with Gasteiger partial charge in [0, 0.05) is 12.1 Å². The molecular weight excluding hydrogens is 429 g/mol.